The molecule has 3 aromatic rings. The van der Waals surface area contributed by atoms with Gasteiger partial charge in [0.25, 0.3) is 5.69 Å². The lowest BCUT2D eigenvalue weighted by Gasteiger charge is -2.09. The molecular formula is C16H16N6O2. The number of nitro groups is 1. The van der Waals surface area contributed by atoms with Crippen molar-refractivity contribution in [3.8, 4) is 11.4 Å². The molecule has 0 aliphatic heterocycles. The molecular weight excluding hydrogens is 308 g/mol. The third-order valence-corrected chi connectivity index (χ3v) is 3.38. The second kappa shape index (κ2) is 6.86. The minimum Gasteiger partial charge on any atom is -0.368 e. The first-order chi connectivity index (χ1) is 11.6. The van der Waals surface area contributed by atoms with Crippen LogP contribution in [0.15, 0.2) is 48.8 Å². The first kappa shape index (κ1) is 15.6. The number of nitrogens with one attached hydrogen (secondary N) is 1. The molecule has 0 atom stereocenters. The highest BCUT2D eigenvalue weighted by atomic mass is 16.6. The summed E-state index contributed by atoms with van der Waals surface area (Å²) in [4.78, 5) is 19.3. The molecule has 0 saturated carbocycles. The number of nitro benzene ring substituents is 1. The van der Waals surface area contributed by atoms with Crippen molar-refractivity contribution in [2.75, 3.05) is 11.9 Å². The molecule has 3 rings (SSSR count). The Labute approximate surface area is 138 Å². The predicted molar refractivity (Wildman–Crippen MR) is 89.6 cm³/mol. The van der Waals surface area contributed by atoms with Crippen LogP contribution in [0, 0.1) is 17.0 Å². The number of hydrogen-bond donors (Lipinski definition) is 1. The average molecular weight is 324 g/mol. The molecule has 2 heterocycles. The third kappa shape index (κ3) is 3.72. The molecule has 0 fully saturated rings. The molecule has 8 heteroatoms. The van der Waals surface area contributed by atoms with Gasteiger partial charge < -0.3 is 5.32 Å². The van der Waals surface area contributed by atoms with Crippen molar-refractivity contribution in [1.82, 2.24) is 19.7 Å². The molecule has 1 N–H and O–H groups in total. The van der Waals surface area contributed by atoms with Gasteiger partial charge in [-0.2, -0.15) is 5.10 Å². The molecule has 0 radical (unpaired) electrons. The van der Waals surface area contributed by atoms with E-state index in [1.165, 1.54) is 12.1 Å². The van der Waals surface area contributed by atoms with Crippen molar-refractivity contribution in [3.05, 3.63) is 64.6 Å². The predicted octanol–water partition coefficient (Wildman–Crippen LogP) is 2.67. The Kier molecular flexibility index (Phi) is 4.46. The average Bonchev–Trinajstić information content (AvgIpc) is 3.08. The van der Waals surface area contributed by atoms with Crippen molar-refractivity contribution in [3.63, 3.8) is 0 Å². The summed E-state index contributed by atoms with van der Waals surface area (Å²) in [6.45, 7) is 3.23. The number of hydrogen-bond acceptors (Lipinski definition) is 6. The van der Waals surface area contributed by atoms with E-state index >= 15 is 0 Å². The molecule has 2 aromatic heterocycles. The zero-order valence-electron chi connectivity index (χ0n) is 13.1. The number of nitrogens with zero attached hydrogens (tertiary/aromatic N) is 5. The summed E-state index contributed by atoms with van der Waals surface area (Å²) in [7, 11) is 0. The Morgan fingerprint density at radius 3 is 2.88 bits per heavy atom. The van der Waals surface area contributed by atoms with Crippen LogP contribution in [-0.2, 0) is 6.54 Å². The standard InChI is InChI=1S/C16H16N6O2/c1-12-10-15(17-7-9-21-8-3-6-18-21)20-16(19-12)13-4-2-5-14(11-13)22(23)24/h2-6,8,10-11H,7,9H2,1H3,(H,17,19,20). The van der Waals surface area contributed by atoms with Crippen LogP contribution in [0.2, 0.25) is 0 Å². The van der Waals surface area contributed by atoms with Crippen LogP contribution >= 0.6 is 0 Å². The second-order valence-electron chi connectivity index (χ2n) is 5.22. The highest BCUT2D eigenvalue weighted by Crippen LogP contribution is 2.22. The molecule has 0 aliphatic rings. The summed E-state index contributed by atoms with van der Waals surface area (Å²) < 4.78 is 1.82. The van der Waals surface area contributed by atoms with Crippen LogP contribution in [0.5, 0.6) is 0 Å². The lowest BCUT2D eigenvalue weighted by molar-refractivity contribution is -0.384. The normalized spacial score (nSPS) is 10.5. The summed E-state index contributed by atoms with van der Waals surface area (Å²) >= 11 is 0. The quantitative estimate of drug-likeness (QED) is 0.553. The summed E-state index contributed by atoms with van der Waals surface area (Å²) in [5, 5.41) is 18.3. The maximum atomic E-state index is 10.9. The largest absolute Gasteiger partial charge is 0.368 e. The molecule has 0 aliphatic carbocycles. The fourth-order valence-corrected chi connectivity index (χ4v) is 2.28. The van der Waals surface area contributed by atoms with Gasteiger partial charge in [0, 0.05) is 48.4 Å². The Hall–Kier alpha value is -3.29. The van der Waals surface area contributed by atoms with Gasteiger partial charge in [-0.05, 0) is 13.0 Å². The van der Waals surface area contributed by atoms with Gasteiger partial charge in [0.15, 0.2) is 5.82 Å². The third-order valence-electron chi connectivity index (χ3n) is 3.38. The van der Waals surface area contributed by atoms with Gasteiger partial charge in [-0.1, -0.05) is 12.1 Å². The number of aryl methyl sites for hydroxylation is 1. The van der Waals surface area contributed by atoms with E-state index in [2.05, 4.69) is 20.4 Å². The fraction of sp³-hybridized carbons (Fsp3) is 0.188. The Morgan fingerprint density at radius 1 is 1.25 bits per heavy atom. The van der Waals surface area contributed by atoms with Crippen molar-refractivity contribution in [1.29, 1.82) is 0 Å². The lowest BCUT2D eigenvalue weighted by atomic mass is 10.2. The van der Waals surface area contributed by atoms with Gasteiger partial charge in [-0.15, -0.1) is 0 Å². The molecule has 8 nitrogen and oxygen atoms in total. The van der Waals surface area contributed by atoms with Crippen LogP contribution in [0.25, 0.3) is 11.4 Å². The number of aromatic nitrogens is 4. The van der Waals surface area contributed by atoms with Gasteiger partial charge in [0.1, 0.15) is 5.82 Å². The molecule has 0 unspecified atom stereocenters. The maximum absolute atomic E-state index is 10.9. The first-order valence-electron chi connectivity index (χ1n) is 7.43. The molecule has 0 bridgehead atoms. The molecule has 0 saturated heterocycles. The van der Waals surface area contributed by atoms with Gasteiger partial charge in [0.05, 0.1) is 11.5 Å². The minimum absolute atomic E-state index is 0.0193. The fourth-order valence-electron chi connectivity index (χ4n) is 2.28. The van der Waals surface area contributed by atoms with Crippen LogP contribution in [-0.4, -0.2) is 31.2 Å². The van der Waals surface area contributed by atoms with Gasteiger partial charge in [-0.25, -0.2) is 9.97 Å². The van der Waals surface area contributed by atoms with E-state index in [-0.39, 0.29) is 5.69 Å². The number of benzene rings is 1. The summed E-state index contributed by atoms with van der Waals surface area (Å²) in [6.07, 6.45) is 3.62. The molecule has 0 spiro atoms. The molecule has 24 heavy (non-hydrogen) atoms. The minimum atomic E-state index is -0.428. The number of anilines is 1. The summed E-state index contributed by atoms with van der Waals surface area (Å²) in [5.74, 6) is 1.14. The van der Waals surface area contributed by atoms with Crippen molar-refractivity contribution in [2.45, 2.75) is 13.5 Å². The maximum Gasteiger partial charge on any atom is 0.270 e. The molecule has 0 amide bonds. The highest BCUT2D eigenvalue weighted by molar-refractivity contribution is 5.61. The van der Waals surface area contributed by atoms with E-state index in [1.807, 2.05) is 29.9 Å². The van der Waals surface area contributed by atoms with E-state index in [0.717, 1.165) is 5.69 Å². The number of rotatable bonds is 6. The van der Waals surface area contributed by atoms with Gasteiger partial charge >= 0.3 is 0 Å². The van der Waals surface area contributed by atoms with Crippen LogP contribution in [0.3, 0.4) is 0 Å². The van der Waals surface area contributed by atoms with E-state index in [9.17, 15) is 10.1 Å². The topological polar surface area (TPSA) is 98.8 Å². The smallest absolute Gasteiger partial charge is 0.270 e. The highest BCUT2D eigenvalue weighted by Gasteiger charge is 2.10. The van der Waals surface area contributed by atoms with E-state index in [1.54, 1.807) is 18.3 Å². The lowest BCUT2D eigenvalue weighted by Crippen LogP contribution is -2.12. The zero-order chi connectivity index (χ0) is 16.9. The summed E-state index contributed by atoms with van der Waals surface area (Å²) in [6, 6.07) is 10.0. The van der Waals surface area contributed by atoms with Crippen LogP contribution < -0.4 is 5.32 Å². The van der Waals surface area contributed by atoms with Crippen LogP contribution in [0.1, 0.15) is 5.69 Å². The van der Waals surface area contributed by atoms with Crippen molar-refractivity contribution in [2.24, 2.45) is 0 Å². The molecule has 122 valence electrons. The monoisotopic (exact) mass is 324 g/mol. The van der Waals surface area contributed by atoms with E-state index in [0.29, 0.717) is 30.3 Å². The second-order valence-corrected chi connectivity index (χ2v) is 5.22. The first-order valence-corrected chi connectivity index (χ1v) is 7.43. The Bertz CT molecular complexity index is 848. The number of non-ortho nitro benzene ring substituents is 1. The van der Waals surface area contributed by atoms with Gasteiger partial charge in [-0.3, -0.25) is 14.8 Å². The zero-order valence-corrected chi connectivity index (χ0v) is 13.1. The Balaban J connectivity index is 1.78. The van der Waals surface area contributed by atoms with Crippen LogP contribution in [0.4, 0.5) is 11.5 Å². The SMILES string of the molecule is Cc1cc(NCCn2cccn2)nc(-c2cccc([N+](=O)[O-])c2)n1. The van der Waals surface area contributed by atoms with Crippen molar-refractivity contribution < 1.29 is 4.92 Å². The van der Waals surface area contributed by atoms with E-state index in [4.69, 9.17) is 0 Å². The van der Waals surface area contributed by atoms with Crippen molar-refractivity contribution >= 4 is 11.5 Å². The molecule has 1 aromatic carbocycles. The summed E-state index contributed by atoms with van der Waals surface area (Å²) in [5.41, 5.74) is 1.42. The Morgan fingerprint density at radius 2 is 2.12 bits per heavy atom. The van der Waals surface area contributed by atoms with Gasteiger partial charge in [0.2, 0.25) is 0 Å². The van der Waals surface area contributed by atoms with E-state index < -0.39 is 4.92 Å².